The topological polar surface area (TPSA) is 57.2 Å². The van der Waals surface area contributed by atoms with Crippen LogP contribution in [0.2, 0.25) is 0 Å². The summed E-state index contributed by atoms with van der Waals surface area (Å²) in [6.07, 6.45) is 5.80. The third-order valence-electron chi connectivity index (χ3n) is 6.49. The second-order valence-corrected chi connectivity index (χ2v) is 8.70. The van der Waals surface area contributed by atoms with Crippen molar-refractivity contribution in [2.75, 3.05) is 45.9 Å². The minimum absolute atomic E-state index is 0. The first-order valence-corrected chi connectivity index (χ1v) is 11.2. The van der Waals surface area contributed by atoms with E-state index >= 15 is 0 Å². The smallest absolute Gasteiger partial charge is 0.253 e. The van der Waals surface area contributed by atoms with Crippen molar-refractivity contribution in [2.24, 2.45) is 10.4 Å². The molecule has 0 radical (unpaired) electrons. The van der Waals surface area contributed by atoms with Crippen LogP contribution < -0.4 is 5.32 Å². The molecule has 1 unspecified atom stereocenters. The maximum Gasteiger partial charge on any atom is 0.253 e. The molecule has 1 amide bonds. The normalized spacial score (nSPS) is 24.2. The monoisotopic (exact) mass is 526 g/mol. The van der Waals surface area contributed by atoms with Crippen LogP contribution in [-0.2, 0) is 11.3 Å². The van der Waals surface area contributed by atoms with Crippen molar-refractivity contribution in [3.8, 4) is 0 Å². The number of carbonyl (C=O) groups excluding carboxylic acids is 1. The number of rotatable bonds is 4. The van der Waals surface area contributed by atoms with Gasteiger partial charge in [-0.25, -0.2) is 4.99 Å². The van der Waals surface area contributed by atoms with Crippen molar-refractivity contribution >= 4 is 35.8 Å². The van der Waals surface area contributed by atoms with Crippen molar-refractivity contribution in [3.05, 3.63) is 35.4 Å². The Kier molecular flexibility index (Phi) is 8.39. The third kappa shape index (κ3) is 5.46. The lowest BCUT2D eigenvalue weighted by Gasteiger charge is -2.27. The van der Waals surface area contributed by atoms with Gasteiger partial charge >= 0.3 is 0 Å². The Morgan fingerprint density at radius 3 is 2.73 bits per heavy atom. The van der Waals surface area contributed by atoms with Gasteiger partial charge in [0.05, 0.1) is 13.2 Å². The summed E-state index contributed by atoms with van der Waals surface area (Å²) < 4.78 is 5.66. The van der Waals surface area contributed by atoms with Crippen molar-refractivity contribution in [3.63, 3.8) is 0 Å². The van der Waals surface area contributed by atoms with Crippen LogP contribution in [0.15, 0.2) is 29.3 Å². The fraction of sp³-hybridized carbons (Fsp3) is 0.652. The van der Waals surface area contributed by atoms with Gasteiger partial charge in [-0.15, -0.1) is 24.0 Å². The lowest BCUT2D eigenvalue weighted by Crippen LogP contribution is -2.41. The zero-order valence-electron chi connectivity index (χ0n) is 18.1. The third-order valence-corrected chi connectivity index (χ3v) is 6.49. The predicted molar refractivity (Wildman–Crippen MR) is 130 cm³/mol. The maximum absolute atomic E-state index is 12.8. The Bertz CT molecular complexity index is 742. The minimum Gasteiger partial charge on any atom is -0.381 e. The number of carbonyl (C=O) groups is 1. The second kappa shape index (κ2) is 10.8. The van der Waals surface area contributed by atoms with Crippen molar-refractivity contribution in [1.29, 1.82) is 0 Å². The second-order valence-electron chi connectivity index (χ2n) is 8.70. The highest BCUT2D eigenvalue weighted by atomic mass is 127. The van der Waals surface area contributed by atoms with Gasteiger partial charge in [0.2, 0.25) is 0 Å². The molecule has 0 bridgehead atoms. The van der Waals surface area contributed by atoms with Gasteiger partial charge in [0.1, 0.15) is 0 Å². The van der Waals surface area contributed by atoms with Crippen LogP contribution >= 0.6 is 24.0 Å². The summed E-state index contributed by atoms with van der Waals surface area (Å²) in [5.41, 5.74) is 2.19. The summed E-state index contributed by atoms with van der Waals surface area (Å²) in [5.74, 6) is 1.13. The number of aliphatic imine (C=N–C) groups is 1. The van der Waals surface area contributed by atoms with Crippen molar-refractivity contribution < 1.29 is 9.53 Å². The molecule has 4 rings (SSSR count). The van der Waals surface area contributed by atoms with E-state index in [0.29, 0.717) is 12.0 Å². The van der Waals surface area contributed by atoms with Crippen molar-refractivity contribution in [2.45, 2.75) is 45.6 Å². The average Bonchev–Trinajstić information content (AvgIpc) is 3.41. The number of piperidine rings is 1. The molecule has 1 aromatic carbocycles. The molecule has 1 N–H and O–H groups in total. The minimum atomic E-state index is 0. The average molecular weight is 526 g/mol. The predicted octanol–water partition coefficient (Wildman–Crippen LogP) is 3.51. The molecule has 3 heterocycles. The number of halogens is 1. The largest absolute Gasteiger partial charge is 0.381 e. The number of hydrogen-bond donors (Lipinski definition) is 1. The molecular weight excluding hydrogens is 491 g/mol. The highest BCUT2D eigenvalue weighted by Crippen LogP contribution is 2.38. The van der Waals surface area contributed by atoms with E-state index in [9.17, 15) is 4.79 Å². The molecule has 1 atom stereocenters. The highest BCUT2D eigenvalue weighted by Gasteiger charge is 2.42. The molecule has 6 nitrogen and oxygen atoms in total. The standard InChI is InChI=1S/C23H34N4O2.HI/c1-2-24-22(27-13-9-23(17-27)10-14-29-18-23)25-16-19-7-6-8-20(15-19)21(28)26-11-4-3-5-12-26;/h6-8,15H,2-5,9-14,16-18H2,1H3,(H,24,25);1H. The van der Waals surface area contributed by atoms with Gasteiger partial charge in [-0.2, -0.15) is 0 Å². The molecule has 1 spiro atoms. The van der Waals surface area contributed by atoms with Crippen LogP contribution in [0.5, 0.6) is 0 Å². The van der Waals surface area contributed by atoms with Gasteiger partial charge < -0.3 is 19.9 Å². The lowest BCUT2D eigenvalue weighted by atomic mass is 9.87. The van der Waals surface area contributed by atoms with E-state index in [1.54, 1.807) is 0 Å². The first-order valence-electron chi connectivity index (χ1n) is 11.2. The molecule has 3 aliphatic heterocycles. The molecule has 0 aliphatic carbocycles. The summed E-state index contributed by atoms with van der Waals surface area (Å²) >= 11 is 0. The van der Waals surface area contributed by atoms with E-state index in [0.717, 1.165) is 82.3 Å². The van der Waals surface area contributed by atoms with E-state index in [-0.39, 0.29) is 29.9 Å². The number of hydrogen-bond acceptors (Lipinski definition) is 3. The number of nitrogens with one attached hydrogen (secondary N) is 1. The van der Waals surface area contributed by atoms with Crippen LogP contribution in [0, 0.1) is 5.41 Å². The maximum atomic E-state index is 12.8. The molecule has 7 heteroatoms. The summed E-state index contributed by atoms with van der Waals surface area (Å²) in [6, 6.07) is 7.99. The van der Waals surface area contributed by atoms with E-state index in [1.165, 1.54) is 12.8 Å². The number of amides is 1. The van der Waals surface area contributed by atoms with Crippen LogP contribution in [-0.4, -0.2) is 67.6 Å². The number of ether oxygens (including phenoxy) is 1. The number of likely N-dealkylation sites (tertiary alicyclic amines) is 2. The van der Waals surface area contributed by atoms with Gasteiger partial charge in [-0.3, -0.25) is 4.79 Å². The fourth-order valence-electron chi connectivity index (χ4n) is 4.76. The molecule has 166 valence electrons. The van der Waals surface area contributed by atoms with Crippen LogP contribution in [0.1, 0.15) is 54.9 Å². The Morgan fingerprint density at radius 2 is 2.00 bits per heavy atom. The van der Waals surface area contributed by atoms with Crippen molar-refractivity contribution in [1.82, 2.24) is 15.1 Å². The van der Waals surface area contributed by atoms with E-state index in [2.05, 4.69) is 23.2 Å². The zero-order valence-corrected chi connectivity index (χ0v) is 20.4. The van der Waals surface area contributed by atoms with Crippen LogP contribution in [0.4, 0.5) is 0 Å². The highest BCUT2D eigenvalue weighted by molar-refractivity contribution is 14.0. The molecule has 0 aromatic heterocycles. The molecule has 3 aliphatic rings. The van der Waals surface area contributed by atoms with Gasteiger partial charge in [0.25, 0.3) is 5.91 Å². The van der Waals surface area contributed by atoms with Gasteiger partial charge in [-0.1, -0.05) is 12.1 Å². The molecule has 1 aromatic rings. The molecular formula is C23H35IN4O2. The Morgan fingerprint density at radius 1 is 1.17 bits per heavy atom. The van der Waals surface area contributed by atoms with Gasteiger partial charge in [0, 0.05) is 50.3 Å². The van der Waals surface area contributed by atoms with E-state index < -0.39 is 0 Å². The Hall–Kier alpha value is -1.35. The molecule has 0 saturated carbocycles. The summed E-state index contributed by atoms with van der Waals surface area (Å²) in [4.78, 5) is 22.1. The summed E-state index contributed by atoms with van der Waals surface area (Å²) in [5, 5.41) is 3.45. The number of guanidine groups is 1. The summed E-state index contributed by atoms with van der Waals surface area (Å²) in [6.45, 7) is 9.13. The van der Waals surface area contributed by atoms with E-state index in [1.807, 2.05) is 23.1 Å². The summed E-state index contributed by atoms with van der Waals surface area (Å²) in [7, 11) is 0. The molecule has 3 saturated heterocycles. The van der Waals surface area contributed by atoms with Crippen LogP contribution in [0.25, 0.3) is 0 Å². The van der Waals surface area contributed by atoms with E-state index in [4.69, 9.17) is 9.73 Å². The SMILES string of the molecule is CCNC(=NCc1cccc(C(=O)N2CCCCC2)c1)N1CCC2(CCOC2)C1.I. The number of benzene rings is 1. The number of nitrogens with zero attached hydrogens (tertiary/aromatic N) is 3. The fourth-order valence-corrected chi connectivity index (χ4v) is 4.76. The zero-order chi connectivity index (χ0) is 20.1. The molecule has 30 heavy (non-hydrogen) atoms. The van der Waals surface area contributed by atoms with Gasteiger partial charge in [-0.05, 0) is 56.7 Å². The van der Waals surface area contributed by atoms with Crippen LogP contribution in [0.3, 0.4) is 0 Å². The quantitative estimate of drug-likeness (QED) is 0.371. The Labute approximate surface area is 197 Å². The first kappa shape index (κ1) is 23.3. The lowest BCUT2D eigenvalue weighted by molar-refractivity contribution is 0.0724. The Balaban J connectivity index is 0.00000256. The molecule has 3 fully saturated rings. The first-order chi connectivity index (χ1) is 14.2. The van der Waals surface area contributed by atoms with Gasteiger partial charge in [0.15, 0.2) is 5.96 Å².